The van der Waals surface area contributed by atoms with E-state index < -0.39 is 18.0 Å². The van der Waals surface area contributed by atoms with Crippen LogP contribution in [0.25, 0.3) is 0 Å². The van der Waals surface area contributed by atoms with Crippen LogP contribution in [-0.4, -0.2) is 28.2 Å². The van der Waals surface area contributed by atoms with Gasteiger partial charge in [-0.05, 0) is 6.42 Å². The lowest BCUT2D eigenvalue weighted by atomic mass is 10.2. The Kier molecular flexibility index (Phi) is 7.44. The van der Waals surface area contributed by atoms with Gasteiger partial charge in [0, 0.05) is 6.42 Å². The molecular weight excluding hydrogens is 210 g/mol. The van der Waals surface area contributed by atoms with Gasteiger partial charge in [-0.15, -0.1) is 0 Å². The van der Waals surface area contributed by atoms with E-state index in [1.165, 1.54) is 0 Å². The summed E-state index contributed by atoms with van der Waals surface area (Å²) in [6.07, 6.45) is -0.224. The van der Waals surface area contributed by atoms with Crippen LogP contribution in [0.5, 0.6) is 0 Å². The summed E-state index contributed by atoms with van der Waals surface area (Å²) in [4.78, 5) is 19.9. The van der Waals surface area contributed by atoms with Gasteiger partial charge in [-0.3, -0.25) is 9.59 Å². The first-order valence-electron chi connectivity index (χ1n) is 4.74. The van der Waals surface area contributed by atoms with Crippen LogP contribution < -0.4 is 5.73 Å². The largest absolute Gasteiger partial charge is 0.481 e. The fourth-order valence-corrected chi connectivity index (χ4v) is 0.787. The standard InChI is InChI=1S/C6H6.C5H9NO4/c1-2-4-6-5-3-1;6-3(5(9)10)1-2-4(7)8/h1-6H;3H,1-2,6H2,(H,7,8)(H,9,10). The molecule has 0 saturated carbocycles. The molecule has 1 rings (SSSR count). The molecule has 1 aromatic carbocycles. The van der Waals surface area contributed by atoms with Crippen LogP contribution in [0.3, 0.4) is 0 Å². The second kappa shape index (κ2) is 8.43. The smallest absolute Gasteiger partial charge is 0.320 e. The van der Waals surface area contributed by atoms with Crippen molar-refractivity contribution in [3.8, 4) is 0 Å². The number of benzene rings is 1. The SMILES string of the molecule is NC(CCC(=O)O)C(=O)O.c1ccccc1. The summed E-state index contributed by atoms with van der Waals surface area (Å²) in [6.45, 7) is 0. The Bertz CT molecular complexity index is 286. The summed E-state index contributed by atoms with van der Waals surface area (Å²) in [7, 11) is 0. The molecule has 0 aliphatic carbocycles. The number of carboxylic acid groups (broad SMARTS) is 2. The minimum atomic E-state index is -1.17. The van der Waals surface area contributed by atoms with Crippen molar-refractivity contribution in [2.75, 3.05) is 0 Å². The van der Waals surface area contributed by atoms with Crippen molar-refractivity contribution in [2.24, 2.45) is 5.73 Å². The summed E-state index contributed by atoms with van der Waals surface area (Å²) in [5.41, 5.74) is 5.00. The van der Waals surface area contributed by atoms with Crippen molar-refractivity contribution >= 4 is 11.9 Å². The highest BCUT2D eigenvalue weighted by molar-refractivity contribution is 5.74. The Morgan fingerprint density at radius 1 is 1.00 bits per heavy atom. The number of hydrogen-bond acceptors (Lipinski definition) is 3. The van der Waals surface area contributed by atoms with Crippen LogP contribution >= 0.6 is 0 Å². The highest BCUT2D eigenvalue weighted by atomic mass is 16.4. The lowest BCUT2D eigenvalue weighted by molar-refractivity contribution is -0.139. The molecule has 4 N–H and O–H groups in total. The Labute approximate surface area is 93.5 Å². The second-order valence-corrected chi connectivity index (χ2v) is 3.03. The molecule has 5 nitrogen and oxygen atoms in total. The molecule has 1 atom stereocenters. The van der Waals surface area contributed by atoms with E-state index in [2.05, 4.69) is 0 Å². The molecule has 5 heteroatoms. The molecule has 0 aliphatic heterocycles. The zero-order valence-electron chi connectivity index (χ0n) is 8.74. The molecule has 0 aliphatic rings. The van der Waals surface area contributed by atoms with Gasteiger partial charge in [0.2, 0.25) is 0 Å². The van der Waals surface area contributed by atoms with E-state index in [1.54, 1.807) is 0 Å². The van der Waals surface area contributed by atoms with Gasteiger partial charge in [-0.1, -0.05) is 36.4 Å². The molecule has 88 valence electrons. The van der Waals surface area contributed by atoms with E-state index in [0.29, 0.717) is 0 Å². The van der Waals surface area contributed by atoms with Crippen molar-refractivity contribution in [1.82, 2.24) is 0 Å². The Morgan fingerprint density at radius 2 is 1.38 bits per heavy atom. The van der Waals surface area contributed by atoms with Gasteiger partial charge in [0.15, 0.2) is 0 Å². The zero-order valence-corrected chi connectivity index (χ0v) is 8.74. The topological polar surface area (TPSA) is 101 Å². The number of aliphatic carboxylic acids is 2. The molecule has 0 saturated heterocycles. The van der Waals surface area contributed by atoms with Crippen LogP contribution in [0.2, 0.25) is 0 Å². The molecule has 0 bridgehead atoms. The average Bonchev–Trinajstić information content (AvgIpc) is 2.28. The molecule has 0 heterocycles. The van der Waals surface area contributed by atoms with Gasteiger partial charge in [0.25, 0.3) is 0 Å². The lowest BCUT2D eigenvalue weighted by Crippen LogP contribution is -2.30. The van der Waals surface area contributed by atoms with Crippen LogP contribution in [0.1, 0.15) is 12.8 Å². The summed E-state index contributed by atoms with van der Waals surface area (Å²) in [5, 5.41) is 16.3. The van der Waals surface area contributed by atoms with Crippen molar-refractivity contribution in [1.29, 1.82) is 0 Å². The Morgan fingerprint density at radius 3 is 1.62 bits per heavy atom. The minimum Gasteiger partial charge on any atom is -0.481 e. The first-order chi connectivity index (χ1) is 7.54. The number of rotatable bonds is 4. The van der Waals surface area contributed by atoms with E-state index in [1.807, 2.05) is 36.4 Å². The maximum Gasteiger partial charge on any atom is 0.320 e. The highest BCUT2D eigenvalue weighted by Crippen LogP contribution is 1.93. The first kappa shape index (κ1) is 14.1. The van der Waals surface area contributed by atoms with Crippen LogP contribution in [0.15, 0.2) is 36.4 Å². The summed E-state index contributed by atoms with van der Waals surface area (Å²) < 4.78 is 0. The summed E-state index contributed by atoms with van der Waals surface area (Å²) >= 11 is 0. The third kappa shape index (κ3) is 8.71. The summed E-state index contributed by atoms with van der Waals surface area (Å²) in [6, 6.07) is 10.9. The van der Waals surface area contributed by atoms with Crippen molar-refractivity contribution in [3.63, 3.8) is 0 Å². The average molecular weight is 225 g/mol. The molecule has 16 heavy (non-hydrogen) atoms. The molecule has 0 fully saturated rings. The molecule has 0 aromatic heterocycles. The fourth-order valence-electron chi connectivity index (χ4n) is 0.787. The van der Waals surface area contributed by atoms with Gasteiger partial charge >= 0.3 is 11.9 Å². The number of hydrogen-bond donors (Lipinski definition) is 3. The van der Waals surface area contributed by atoms with Crippen molar-refractivity contribution < 1.29 is 19.8 Å². The highest BCUT2D eigenvalue weighted by Gasteiger charge is 2.12. The fraction of sp³-hybridized carbons (Fsp3) is 0.273. The summed E-state index contributed by atoms with van der Waals surface area (Å²) in [5.74, 6) is -2.20. The third-order valence-corrected chi connectivity index (χ3v) is 1.65. The van der Waals surface area contributed by atoms with Crippen molar-refractivity contribution in [2.45, 2.75) is 18.9 Å². The van der Waals surface area contributed by atoms with E-state index in [4.69, 9.17) is 15.9 Å². The van der Waals surface area contributed by atoms with Crippen molar-refractivity contribution in [3.05, 3.63) is 36.4 Å². The van der Waals surface area contributed by atoms with Crippen LogP contribution in [0, 0.1) is 0 Å². The van der Waals surface area contributed by atoms with Gasteiger partial charge in [-0.2, -0.15) is 0 Å². The Hall–Kier alpha value is -1.88. The van der Waals surface area contributed by atoms with Gasteiger partial charge in [-0.25, -0.2) is 0 Å². The predicted octanol–water partition coefficient (Wildman–Crippen LogP) is 0.950. The lowest BCUT2D eigenvalue weighted by Gasteiger charge is -2.01. The van der Waals surface area contributed by atoms with E-state index >= 15 is 0 Å². The third-order valence-electron chi connectivity index (χ3n) is 1.65. The minimum absolute atomic E-state index is 0.0231. The van der Waals surface area contributed by atoms with E-state index in [0.717, 1.165) is 0 Å². The molecule has 0 radical (unpaired) electrons. The molecule has 0 amide bonds. The predicted molar refractivity (Wildman–Crippen MR) is 58.9 cm³/mol. The maximum atomic E-state index is 9.99. The molecule has 0 spiro atoms. The normalized spacial score (nSPS) is 10.8. The van der Waals surface area contributed by atoms with Crippen LogP contribution in [-0.2, 0) is 9.59 Å². The molecule has 1 aromatic rings. The molecule has 1 unspecified atom stereocenters. The van der Waals surface area contributed by atoms with E-state index in [9.17, 15) is 9.59 Å². The van der Waals surface area contributed by atoms with Gasteiger partial charge < -0.3 is 15.9 Å². The Balaban J connectivity index is 0.000000315. The molecular formula is C11H15NO4. The maximum absolute atomic E-state index is 9.99. The van der Waals surface area contributed by atoms with E-state index in [-0.39, 0.29) is 12.8 Å². The number of carbonyl (C=O) groups is 2. The second-order valence-electron chi connectivity index (χ2n) is 3.03. The van der Waals surface area contributed by atoms with Gasteiger partial charge in [0.05, 0.1) is 0 Å². The van der Waals surface area contributed by atoms with Crippen LogP contribution in [0.4, 0.5) is 0 Å². The number of nitrogens with two attached hydrogens (primary N) is 1. The number of carboxylic acids is 2. The quantitative estimate of drug-likeness (QED) is 0.708. The first-order valence-corrected chi connectivity index (χ1v) is 4.74. The monoisotopic (exact) mass is 225 g/mol. The zero-order chi connectivity index (χ0) is 12.4. The van der Waals surface area contributed by atoms with Gasteiger partial charge in [0.1, 0.15) is 6.04 Å².